The Hall–Kier alpha value is 0.01000. The zero-order valence-corrected chi connectivity index (χ0v) is 10.6. The molecule has 0 saturated heterocycles. The average molecular weight is 259 g/mol. The third kappa shape index (κ3) is 20.2. The second-order valence-electron chi connectivity index (χ2n) is 3.09. The van der Waals surface area contributed by atoms with Crippen molar-refractivity contribution in [3.63, 3.8) is 0 Å². The number of carboxylic acids is 1. The second kappa shape index (κ2) is 14.0. The van der Waals surface area contributed by atoms with Gasteiger partial charge in [-0.05, 0) is 12.8 Å². The molecule has 0 aromatic carbocycles. The Labute approximate surface area is 101 Å². The summed E-state index contributed by atoms with van der Waals surface area (Å²) < 4.78 is 0. The predicted molar refractivity (Wildman–Crippen MR) is 63.6 cm³/mol. The second-order valence-corrected chi connectivity index (χ2v) is 4.37. The van der Waals surface area contributed by atoms with Crippen LogP contribution in [0.2, 0.25) is 0 Å². The zero-order chi connectivity index (χ0) is 12.1. The fourth-order valence-corrected chi connectivity index (χ4v) is 1.41. The first-order chi connectivity index (χ1) is 7.13. The summed E-state index contributed by atoms with van der Waals surface area (Å²) in [6.07, 6.45) is 6.09. The van der Waals surface area contributed by atoms with Gasteiger partial charge >= 0.3 is 5.97 Å². The molecule has 5 heteroatoms. The van der Waals surface area contributed by atoms with Crippen LogP contribution >= 0.6 is 23.2 Å². The molecule has 0 spiro atoms. The topological polar surface area (TPSA) is 57.5 Å². The summed E-state index contributed by atoms with van der Waals surface area (Å²) in [4.78, 5) is 9.89. The van der Waals surface area contributed by atoms with E-state index < -0.39 is 5.97 Å². The van der Waals surface area contributed by atoms with Crippen LogP contribution in [0.4, 0.5) is 0 Å². The van der Waals surface area contributed by atoms with Crippen molar-refractivity contribution >= 4 is 29.2 Å². The molecule has 0 aromatic heterocycles. The smallest absolute Gasteiger partial charge is 0.303 e. The van der Waals surface area contributed by atoms with Crippen LogP contribution in [0.15, 0.2) is 0 Å². The maximum absolute atomic E-state index is 10.1. The quantitative estimate of drug-likeness (QED) is 0.519. The summed E-state index contributed by atoms with van der Waals surface area (Å²) in [7, 11) is 1.00. The molecule has 15 heavy (non-hydrogen) atoms. The Kier molecular flexibility index (Phi) is 16.3. The first kappa shape index (κ1) is 17.4. The van der Waals surface area contributed by atoms with Crippen molar-refractivity contribution in [3.05, 3.63) is 0 Å². The summed E-state index contributed by atoms with van der Waals surface area (Å²) in [5.74, 6) is -0.707. The van der Waals surface area contributed by atoms with Gasteiger partial charge in [-0.15, -0.1) is 23.2 Å². The number of unbranched alkanes of at least 4 members (excludes halogenated alkanes) is 4. The Bertz CT molecular complexity index is 141. The van der Waals surface area contributed by atoms with Gasteiger partial charge in [0.05, 0.1) is 0 Å². The molecule has 0 amide bonds. The van der Waals surface area contributed by atoms with Crippen molar-refractivity contribution in [2.45, 2.75) is 49.8 Å². The van der Waals surface area contributed by atoms with Crippen molar-refractivity contribution in [2.24, 2.45) is 0 Å². The SMILES string of the molecule is CO.O=C(O)CCCCCCCC(Cl)Cl. The van der Waals surface area contributed by atoms with Crippen molar-refractivity contribution in [1.29, 1.82) is 0 Å². The lowest BCUT2D eigenvalue weighted by Crippen LogP contribution is -1.93. The molecule has 0 bridgehead atoms. The van der Waals surface area contributed by atoms with Crippen LogP contribution in [0.3, 0.4) is 0 Å². The number of carboxylic acid groups (broad SMARTS) is 1. The van der Waals surface area contributed by atoms with Crippen LogP contribution in [0.25, 0.3) is 0 Å². The number of aliphatic carboxylic acids is 1. The molecule has 0 aromatic rings. The summed E-state index contributed by atoms with van der Waals surface area (Å²) in [6, 6.07) is 0. The van der Waals surface area contributed by atoms with E-state index in [-0.39, 0.29) is 11.3 Å². The van der Waals surface area contributed by atoms with Gasteiger partial charge in [0.2, 0.25) is 0 Å². The lowest BCUT2D eigenvalue weighted by Gasteiger charge is -2.00. The third-order valence-electron chi connectivity index (χ3n) is 1.81. The van der Waals surface area contributed by atoms with E-state index in [4.69, 9.17) is 33.4 Å². The summed E-state index contributed by atoms with van der Waals surface area (Å²) in [6.45, 7) is 0. The van der Waals surface area contributed by atoms with Crippen molar-refractivity contribution in [2.75, 3.05) is 7.11 Å². The molecule has 0 fully saturated rings. The van der Waals surface area contributed by atoms with Crippen LogP contribution < -0.4 is 0 Å². The minimum absolute atomic E-state index is 0.251. The van der Waals surface area contributed by atoms with Gasteiger partial charge in [-0.25, -0.2) is 0 Å². The fraction of sp³-hybridized carbons (Fsp3) is 0.900. The number of alkyl halides is 2. The fourth-order valence-electron chi connectivity index (χ4n) is 1.11. The number of carbonyl (C=O) groups is 1. The number of rotatable bonds is 8. The molecular formula is C10H20Cl2O3. The number of aliphatic hydroxyl groups excluding tert-OH is 1. The minimum Gasteiger partial charge on any atom is -0.481 e. The van der Waals surface area contributed by atoms with E-state index in [2.05, 4.69) is 0 Å². The van der Waals surface area contributed by atoms with Crippen LogP contribution in [0.1, 0.15) is 44.9 Å². The lowest BCUT2D eigenvalue weighted by atomic mass is 10.1. The van der Waals surface area contributed by atoms with Crippen molar-refractivity contribution in [3.8, 4) is 0 Å². The highest BCUT2D eigenvalue weighted by Gasteiger charge is 1.99. The van der Waals surface area contributed by atoms with E-state index in [1.54, 1.807) is 0 Å². The van der Waals surface area contributed by atoms with Crippen molar-refractivity contribution < 1.29 is 15.0 Å². The van der Waals surface area contributed by atoms with Gasteiger partial charge in [-0.3, -0.25) is 4.79 Å². The first-order valence-electron chi connectivity index (χ1n) is 5.07. The molecule has 0 aliphatic rings. The average Bonchev–Trinajstić information content (AvgIpc) is 2.18. The molecule has 2 N–H and O–H groups in total. The molecule has 0 atom stereocenters. The van der Waals surface area contributed by atoms with E-state index in [1.807, 2.05) is 0 Å². The van der Waals surface area contributed by atoms with Crippen LogP contribution in [-0.2, 0) is 4.79 Å². The molecule has 92 valence electrons. The van der Waals surface area contributed by atoms with Gasteiger partial charge in [0, 0.05) is 13.5 Å². The number of hydrogen-bond acceptors (Lipinski definition) is 2. The van der Waals surface area contributed by atoms with E-state index >= 15 is 0 Å². The summed E-state index contributed by atoms with van der Waals surface area (Å²) >= 11 is 11.1. The molecule has 0 radical (unpaired) electrons. The number of halogens is 2. The van der Waals surface area contributed by atoms with Gasteiger partial charge in [0.25, 0.3) is 0 Å². The number of hydrogen-bond donors (Lipinski definition) is 2. The van der Waals surface area contributed by atoms with E-state index in [1.165, 1.54) is 0 Å². The molecule has 0 aliphatic carbocycles. The van der Waals surface area contributed by atoms with Gasteiger partial charge in [0.1, 0.15) is 4.84 Å². The highest BCUT2D eigenvalue weighted by Crippen LogP contribution is 2.13. The highest BCUT2D eigenvalue weighted by molar-refractivity contribution is 6.44. The molecule has 0 heterocycles. The highest BCUT2D eigenvalue weighted by atomic mass is 35.5. The Morgan fingerprint density at radius 1 is 1.07 bits per heavy atom. The van der Waals surface area contributed by atoms with Crippen LogP contribution in [0.5, 0.6) is 0 Å². The molecule has 0 saturated carbocycles. The normalized spacial score (nSPS) is 9.67. The van der Waals surface area contributed by atoms with Crippen molar-refractivity contribution in [1.82, 2.24) is 0 Å². The van der Waals surface area contributed by atoms with Gasteiger partial charge < -0.3 is 10.2 Å². The summed E-state index contributed by atoms with van der Waals surface area (Å²) in [5.41, 5.74) is 0. The largest absolute Gasteiger partial charge is 0.481 e. The molecule has 0 unspecified atom stereocenters. The van der Waals surface area contributed by atoms with Gasteiger partial charge in [-0.1, -0.05) is 25.7 Å². The minimum atomic E-state index is -0.707. The van der Waals surface area contributed by atoms with Gasteiger partial charge in [0.15, 0.2) is 0 Å². The van der Waals surface area contributed by atoms with E-state index in [9.17, 15) is 4.79 Å². The maximum atomic E-state index is 10.1. The first-order valence-corrected chi connectivity index (χ1v) is 5.95. The van der Waals surface area contributed by atoms with Crippen LogP contribution in [-0.4, -0.2) is 28.1 Å². The lowest BCUT2D eigenvalue weighted by molar-refractivity contribution is -0.137. The third-order valence-corrected chi connectivity index (χ3v) is 2.25. The van der Waals surface area contributed by atoms with Gasteiger partial charge in [-0.2, -0.15) is 0 Å². The Balaban J connectivity index is 0. The molecule has 3 nitrogen and oxygen atoms in total. The van der Waals surface area contributed by atoms with E-state index in [0.717, 1.165) is 45.6 Å². The Morgan fingerprint density at radius 3 is 2.00 bits per heavy atom. The maximum Gasteiger partial charge on any atom is 0.303 e. The monoisotopic (exact) mass is 258 g/mol. The van der Waals surface area contributed by atoms with Crippen LogP contribution in [0, 0.1) is 0 Å². The summed E-state index contributed by atoms with van der Waals surface area (Å²) in [5, 5.41) is 15.4. The predicted octanol–water partition coefficient (Wildman–Crippen LogP) is 3.21. The standard InChI is InChI=1S/C9H16Cl2O2.CH4O/c10-8(11)6-4-2-1-3-5-7-9(12)13;1-2/h8H,1-7H2,(H,12,13);2H,1H3. The van der Waals surface area contributed by atoms with E-state index in [0.29, 0.717) is 0 Å². The molecule has 0 aliphatic heterocycles. The zero-order valence-electron chi connectivity index (χ0n) is 9.09. The Morgan fingerprint density at radius 2 is 1.53 bits per heavy atom. The number of aliphatic hydroxyl groups is 1. The molecule has 0 rings (SSSR count). The molecular weight excluding hydrogens is 239 g/mol.